The SMILES string of the molecule is C[Si](C)(C)OC[C@@H](O[Si](C)(C)C)[C@H](O[Si](C)(C)C)[C@H](O[Si](C)(C)C)C(=O)O[Si](C)(C)C. The molecule has 0 heterocycles. The summed E-state index contributed by atoms with van der Waals surface area (Å²) in [6.45, 7) is 32.0. The van der Waals surface area contributed by atoms with Crippen molar-refractivity contribution in [3.8, 4) is 0 Å². The van der Waals surface area contributed by atoms with Gasteiger partial charge in [-0.05, 0) is 98.2 Å². The van der Waals surface area contributed by atoms with Crippen molar-refractivity contribution in [2.75, 3.05) is 6.61 Å². The van der Waals surface area contributed by atoms with Crippen molar-refractivity contribution >= 4 is 47.6 Å². The standard InChI is InChI=1S/C20H50O6Si5/c1-27(2,3)22-16-17(23-28(4,5)6)18(24-29(7,8)9)19(25-30(10,11)12)20(21)26-31(13,14)15/h17-19H,16H2,1-15H3/t17-,18+,19+/m1/s1. The van der Waals surface area contributed by atoms with Crippen LogP contribution in [0.25, 0.3) is 0 Å². The van der Waals surface area contributed by atoms with Gasteiger partial charge in [-0.3, -0.25) is 4.79 Å². The molecule has 0 aromatic rings. The van der Waals surface area contributed by atoms with E-state index >= 15 is 0 Å². The minimum atomic E-state index is -2.11. The highest BCUT2D eigenvalue weighted by Gasteiger charge is 2.45. The summed E-state index contributed by atoms with van der Waals surface area (Å²) in [6, 6.07) is 0. The van der Waals surface area contributed by atoms with Gasteiger partial charge < -0.3 is 22.1 Å². The lowest BCUT2D eigenvalue weighted by atomic mass is 10.1. The number of carbonyl (C=O) groups excluding carboxylic acids is 1. The quantitative estimate of drug-likeness (QED) is 0.279. The van der Waals surface area contributed by atoms with Gasteiger partial charge in [-0.15, -0.1) is 0 Å². The minimum absolute atomic E-state index is 0.331. The second-order valence-corrected chi connectivity index (χ2v) is 35.4. The van der Waals surface area contributed by atoms with Crippen LogP contribution in [0.2, 0.25) is 98.2 Å². The predicted octanol–water partition coefficient (Wildman–Crippen LogP) is 5.88. The van der Waals surface area contributed by atoms with Crippen LogP contribution >= 0.6 is 0 Å². The van der Waals surface area contributed by atoms with Crippen molar-refractivity contribution < 1.29 is 26.9 Å². The Balaban J connectivity index is 6.35. The van der Waals surface area contributed by atoms with Crippen molar-refractivity contribution in [1.29, 1.82) is 0 Å². The maximum absolute atomic E-state index is 13.4. The van der Waals surface area contributed by atoms with Crippen LogP contribution in [0.4, 0.5) is 0 Å². The van der Waals surface area contributed by atoms with E-state index in [9.17, 15) is 4.79 Å². The number of carbonyl (C=O) groups is 1. The molecule has 0 aromatic heterocycles. The first kappa shape index (κ1) is 31.4. The summed E-state index contributed by atoms with van der Waals surface area (Å²) in [7, 11) is -10.00. The van der Waals surface area contributed by atoms with Crippen LogP contribution in [0.5, 0.6) is 0 Å². The van der Waals surface area contributed by atoms with E-state index in [1.54, 1.807) is 0 Å². The van der Waals surface area contributed by atoms with Crippen LogP contribution in [0.15, 0.2) is 0 Å². The molecule has 6 nitrogen and oxygen atoms in total. The van der Waals surface area contributed by atoms with Gasteiger partial charge in [-0.2, -0.15) is 0 Å². The summed E-state index contributed by atoms with van der Waals surface area (Å²) in [5.74, 6) is -0.331. The molecule has 0 bridgehead atoms. The monoisotopic (exact) mass is 526 g/mol. The fourth-order valence-corrected chi connectivity index (χ4v) is 7.29. The molecule has 0 saturated heterocycles. The lowest BCUT2D eigenvalue weighted by molar-refractivity contribution is -0.153. The minimum Gasteiger partial charge on any atom is -0.518 e. The molecule has 186 valence electrons. The fourth-order valence-electron chi connectivity index (χ4n) is 2.71. The van der Waals surface area contributed by atoms with Crippen LogP contribution in [-0.4, -0.2) is 72.5 Å². The molecule has 0 rings (SSSR count). The zero-order valence-corrected chi connectivity index (χ0v) is 27.9. The molecular formula is C20H50O6Si5. The first-order chi connectivity index (χ1) is 13.4. The normalized spacial score (nSPS) is 17.3. The summed E-state index contributed by atoms with van der Waals surface area (Å²) in [5, 5.41) is 0. The summed E-state index contributed by atoms with van der Waals surface area (Å²) < 4.78 is 31.9. The lowest BCUT2D eigenvalue weighted by Crippen LogP contribution is -2.58. The summed E-state index contributed by atoms with van der Waals surface area (Å²) in [4.78, 5) is 13.4. The summed E-state index contributed by atoms with van der Waals surface area (Å²) in [6.07, 6.45) is -1.78. The van der Waals surface area contributed by atoms with Crippen LogP contribution in [0, 0.1) is 0 Å². The highest BCUT2D eigenvalue weighted by Crippen LogP contribution is 2.26. The van der Waals surface area contributed by atoms with Crippen molar-refractivity contribution in [3.05, 3.63) is 0 Å². The maximum atomic E-state index is 13.4. The van der Waals surface area contributed by atoms with Crippen molar-refractivity contribution in [3.63, 3.8) is 0 Å². The van der Waals surface area contributed by atoms with Gasteiger partial charge in [0.2, 0.25) is 8.32 Å². The van der Waals surface area contributed by atoms with E-state index in [0.29, 0.717) is 6.61 Å². The van der Waals surface area contributed by atoms with Gasteiger partial charge in [0.1, 0.15) is 6.10 Å². The highest BCUT2D eigenvalue weighted by atomic mass is 28.4. The Morgan fingerprint density at radius 3 is 1.32 bits per heavy atom. The van der Waals surface area contributed by atoms with E-state index in [-0.39, 0.29) is 12.1 Å². The van der Waals surface area contributed by atoms with Gasteiger partial charge in [-0.1, -0.05) is 0 Å². The molecule has 0 aliphatic carbocycles. The smallest absolute Gasteiger partial charge is 0.323 e. The highest BCUT2D eigenvalue weighted by molar-refractivity contribution is 6.72. The zero-order valence-electron chi connectivity index (χ0n) is 22.9. The Kier molecular flexibility index (Phi) is 11.4. The third-order valence-electron chi connectivity index (χ3n) is 3.46. The molecule has 11 heteroatoms. The average Bonchev–Trinajstić information content (AvgIpc) is 2.41. The van der Waals surface area contributed by atoms with E-state index in [2.05, 4.69) is 78.6 Å². The Hall–Kier alpha value is 0.394. The topological polar surface area (TPSA) is 63.2 Å². The summed E-state index contributed by atoms with van der Waals surface area (Å²) in [5.41, 5.74) is 0. The van der Waals surface area contributed by atoms with Gasteiger partial charge in [0.05, 0.1) is 12.7 Å². The second-order valence-electron chi connectivity index (χ2n) is 13.1. The van der Waals surface area contributed by atoms with E-state index in [1.165, 1.54) is 0 Å². The van der Waals surface area contributed by atoms with Crippen molar-refractivity contribution in [2.24, 2.45) is 0 Å². The van der Waals surface area contributed by atoms with E-state index < -0.39 is 53.8 Å². The van der Waals surface area contributed by atoms with Crippen molar-refractivity contribution in [1.82, 2.24) is 0 Å². The van der Waals surface area contributed by atoms with Gasteiger partial charge in [0, 0.05) is 0 Å². The second kappa shape index (κ2) is 11.2. The van der Waals surface area contributed by atoms with Crippen LogP contribution in [0.1, 0.15) is 0 Å². The third kappa shape index (κ3) is 16.6. The molecule has 0 spiro atoms. The Labute approximate surface area is 197 Å². The molecule has 0 unspecified atom stereocenters. The average molecular weight is 527 g/mol. The molecule has 3 atom stereocenters. The Morgan fingerprint density at radius 1 is 0.581 bits per heavy atom. The fraction of sp³-hybridized carbons (Fsp3) is 0.950. The number of hydrogen-bond donors (Lipinski definition) is 0. The third-order valence-corrected chi connectivity index (χ3v) is 8.26. The first-order valence-electron chi connectivity index (χ1n) is 11.3. The van der Waals surface area contributed by atoms with Crippen LogP contribution < -0.4 is 0 Å². The first-order valence-corrected chi connectivity index (χ1v) is 28.3. The van der Waals surface area contributed by atoms with Gasteiger partial charge in [-0.25, -0.2) is 0 Å². The molecular weight excluding hydrogens is 477 g/mol. The van der Waals surface area contributed by atoms with Crippen LogP contribution in [-0.2, 0) is 26.9 Å². The van der Waals surface area contributed by atoms with E-state index in [4.69, 9.17) is 22.1 Å². The molecule has 0 fully saturated rings. The van der Waals surface area contributed by atoms with E-state index in [0.717, 1.165) is 0 Å². The number of hydrogen-bond acceptors (Lipinski definition) is 6. The molecule has 0 aromatic carbocycles. The molecule has 0 radical (unpaired) electrons. The zero-order chi connectivity index (χ0) is 25.1. The maximum Gasteiger partial charge on any atom is 0.323 e. The lowest BCUT2D eigenvalue weighted by Gasteiger charge is -2.41. The van der Waals surface area contributed by atoms with E-state index in [1.807, 2.05) is 19.6 Å². The largest absolute Gasteiger partial charge is 0.518 e. The number of rotatable bonds is 13. The van der Waals surface area contributed by atoms with Gasteiger partial charge >= 0.3 is 5.97 Å². The Bertz CT molecular complexity index is 567. The Morgan fingerprint density at radius 2 is 1.00 bits per heavy atom. The molecule has 0 amide bonds. The molecule has 0 aliphatic heterocycles. The molecule has 0 saturated carbocycles. The molecule has 31 heavy (non-hydrogen) atoms. The predicted molar refractivity (Wildman–Crippen MR) is 143 cm³/mol. The molecule has 0 aliphatic rings. The van der Waals surface area contributed by atoms with Crippen molar-refractivity contribution in [2.45, 2.75) is 117 Å². The van der Waals surface area contributed by atoms with Gasteiger partial charge in [0.25, 0.3) is 0 Å². The van der Waals surface area contributed by atoms with Gasteiger partial charge in [0.15, 0.2) is 39.4 Å². The van der Waals surface area contributed by atoms with Crippen LogP contribution in [0.3, 0.4) is 0 Å². The molecule has 0 N–H and O–H groups in total. The summed E-state index contributed by atoms with van der Waals surface area (Å²) >= 11 is 0.